The zero-order valence-electron chi connectivity index (χ0n) is 14.2. The van der Waals surface area contributed by atoms with E-state index in [1.54, 1.807) is 32.4 Å². The van der Waals surface area contributed by atoms with Gasteiger partial charge in [0, 0.05) is 46.1 Å². The highest BCUT2D eigenvalue weighted by Gasteiger charge is 2.05. The van der Waals surface area contributed by atoms with Crippen molar-refractivity contribution in [1.82, 2.24) is 25.8 Å². The van der Waals surface area contributed by atoms with Crippen LogP contribution in [0, 0.1) is 0 Å². The fourth-order valence-electron chi connectivity index (χ4n) is 1.59. The standard InChI is InChI=1S/C15H24N6O2.HI/c1-4-17-15(20-11-13(22)21(2)3)19-9-8-18-14(23)12-6-5-7-16-10-12;/h5-7,10H,4,8-9,11H2,1-3H3,(H,18,23)(H2,17,19,20);1H. The number of guanidine groups is 1. The van der Waals surface area contributed by atoms with Gasteiger partial charge in [0.05, 0.1) is 5.56 Å². The summed E-state index contributed by atoms with van der Waals surface area (Å²) in [6.45, 7) is 3.62. The molecule has 2 amide bonds. The molecule has 1 aromatic rings. The predicted octanol–water partition coefficient (Wildman–Crippen LogP) is 0.0727. The van der Waals surface area contributed by atoms with E-state index in [0.717, 1.165) is 0 Å². The van der Waals surface area contributed by atoms with Gasteiger partial charge in [-0.25, -0.2) is 4.99 Å². The molecule has 0 aromatic carbocycles. The van der Waals surface area contributed by atoms with Crippen molar-refractivity contribution in [2.24, 2.45) is 4.99 Å². The molecule has 0 aliphatic heterocycles. The molecule has 0 aliphatic carbocycles. The molecule has 0 atom stereocenters. The Kier molecular flexibility index (Phi) is 11.5. The number of carbonyl (C=O) groups is 2. The minimum atomic E-state index is -0.176. The lowest BCUT2D eigenvalue weighted by molar-refractivity contribution is -0.127. The van der Waals surface area contributed by atoms with Gasteiger partial charge in [-0.05, 0) is 19.1 Å². The van der Waals surface area contributed by atoms with Crippen molar-refractivity contribution in [2.45, 2.75) is 6.92 Å². The molecular weight excluding hydrogens is 423 g/mol. The molecule has 1 rings (SSSR count). The first-order valence-electron chi connectivity index (χ1n) is 7.45. The van der Waals surface area contributed by atoms with Gasteiger partial charge in [-0.15, -0.1) is 24.0 Å². The molecule has 0 saturated heterocycles. The smallest absolute Gasteiger partial charge is 0.252 e. The van der Waals surface area contributed by atoms with Gasteiger partial charge in [-0.2, -0.15) is 0 Å². The van der Waals surface area contributed by atoms with Crippen LogP contribution in [0.3, 0.4) is 0 Å². The van der Waals surface area contributed by atoms with E-state index in [4.69, 9.17) is 0 Å². The van der Waals surface area contributed by atoms with E-state index >= 15 is 0 Å². The van der Waals surface area contributed by atoms with Gasteiger partial charge in [-0.3, -0.25) is 14.6 Å². The quantitative estimate of drug-likeness (QED) is 0.238. The van der Waals surface area contributed by atoms with Gasteiger partial charge in [-0.1, -0.05) is 0 Å². The summed E-state index contributed by atoms with van der Waals surface area (Å²) in [5.74, 6) is 0.287. The Hall–Kier alpha value is -1.91. The maximum absolute atomic E-state index is 11.8. The molecule has 0 aliphatic rings. The lowest BCUT2D eigenvalue weighted by Crippen LogP contribution is -2.42. The van der Waals surface area contributed by atoms with Crippen LogP contribution in [0.15, 0.2) is 29.5 Å². The van der Waals surface area contributed by atoms with Gasteiger partial charge >= 0.3 is 0 Å². The highest BCUT2D eigenvalue weighted by atomic mass is 127. The van der Waals surface area contributed by atoms with Crippen LogP contribution in [0.5, 0.6) is 0 Å². The van der Waals surface area contributed by atoms with E-state index in [1.807, 2.05) is 6.92 Å². The fourth-order valence-corrected chi connectivity index (χ4v) is 1.59. The fraction of sp³-hybridized carbons (Fsp3) is 0.467. The van der Waals surface area contributed by atoms with Crippen molar-refractivity contribution in [3.63, 3.8) is 0 Å². The van der Waals surface area contributed by atoms with Crippen molar-refractivity contribution in [1.29, 1.82) is 0 Å². The summed E-state index contributed by atoms with van der Waals surface area (Å²) in [5.41, 5.74) is 0.518. The normalized spacial score (nSPS) is 10.4. The van der Waals surface area contributed by atoms with Crippen LogP contribution < -0.4 is 16.0 Å². The van der Waals surface area contributed by atoms with Crippen molar-refractivity contribution >= 4 is 41.8 Å². The summed E-state index contributed by atoms with van der Waals surface area (Å²) in [6, 6.07) is 3.42. The topological polar surface area (TPSA) is 98.7 Å². The number of amides is 2. The van der Waals surface area contributed by atoms with Gasteiger partial charge in [0.1, 0.15) is 6.54 Å². The Bertz CT molecular complexity index is 536. The summed E-state index contributed by atoms with van der Waals surface area (Å²) in [4.78, 5) is 32.9. The molecule has 134 valence electrons. The van der Waals surface area contributed by atoms with E-state index in [9.17, 15) is 9.59 Å². The molecule has 1 heterocycles. The number of nitrogens with one attached hydrogen (secondary N) is 3. The lowest BCUT2D eigenvalue weighted by atomic mass is 10.3. The van der Waals surface area contributed by atoms with Gasteiger partial charge in [0.15, 0.2) is 5.96 Å². The third kappa shape index (κ3) is 8.65. The SMILES string of the molecule is CCNC(=NCC(=O)N(C)C)NCCNC(=O)c1cccnc1.I. The van der Waals surface area contributed by atoms with E-state index in [-0.39, 0.29) is 42.3 Å². The van der Waals surface area contributed by atoms with Crippen molar-refractivity contribution in [2.75, 3.05) is 40.3 Å². The Morgan fingerprint density at radius 1 is 1.21 bits per heavy atom. The summed E-state index contributed by atoms with van der Waals surface area (Å²) >= 11 is 0. The van der Waals surface area contributed by atoms with Crippen LogP contribution in [0.4, 0.5) is 0 Å². The maximum atomic E-state index is 11.8. The number of rotatable bonds is 7. The molecule has 0 bridgehead atoms. The zero-order chi connectivity index (χ0) is 17.1. The van der Waals surface area contributed by atoms with E-state index in [1.165, 1.54) is 11.1 Å². The molecule has 1 aromatic heterocycles. The van der Waals surface area contributed by atoms with Crippen LogP contribution >= 0.6 is 24.0 Å². The van der Waals surface area contributed by atoms with Crippen molar-refractivity contribution in [3.8, 4) is 0 Å². The number of likely N-dealkylation sites (N-methyl/N-ethyl adjacent to an activating group) is 1. The molecule has 0 saturated carbocycles. The third-order valence-electron chi connectivity index (χ3n) is 2.84. The first-order valence-corrected chi connectivity index (χ1v) is 7.45. The van der Waals surface area contributed by atoms with Crippen LogP contribution in [-0.2, 0) is 4.79 Å². The minimum absolute atomic E-state index is 0. The molecule has 0 unspecified atom stereocenters. The highest BCUT2D eigenvalue weighted by molar-refractivity contribution is 14.0. The van der Waals surface area contributed by atoms with Crippen molar-refractivity contribution in [3.05, 3.63) is 30.1 Å². The molecule has 0 radical (unpaired) electrons. The minimum Gasteiger partial charge on any atom is -0.357 e. The predicted molar refractivity (Wildman–Crippen MR) is 105 cm³/mol. The van der Waals surface area contributed by atoms with Crippen LogP contribution in [0.25, 0.3) is 0 Å². The largest absolute Gasteiger partial charge is 0.357 e. The van der Waals surface area contributed by atoms with Crippen LogP contribution in [-0.4, -0.2) is 67.9 Å². The van der Waals surface area contributed by atoms with Crippen LogP contribution in [0.2, 0.25) is 0 Å². The number of hydrogen-bond acceptors (Lipinski definition) is 4. The maximum Gasteiger partial charge on any atom is 0.252 e. The van der Waals surface area contributed by atoms with Crippen molar-refractivity contribution < 1.29 is 9.59 Å². The first kappa shape index (κ1) is 22.1. The highest BCUT2D eigenvalue weighted by Crippen LogP contribution is 1.94. The summed E-state index contributed by atoms with van der Waals surface area (Å²) in [6.07, 6.45) is 3.13. The summed E-state index contributed by atoms with van der Waals surface area (Å²) in [7, 11) is 3.37. The number of hydrogen-bond donors (Lipinski definition) is 3. The van der Waals surface area contributed by atoms with Gasteiger partial charge in [0.2, 0.25) is 5.91 Å². The Labute approximate surface area is 159 Å². The molecule has 9 heteroatoms. The number of aromatic nitrogens is 1. The number of aliphatic imine (C=N–C) groups is 1. The Morgan fingerprint density at radius 3 is 2.50 bits per heavy atom. The monoisotopic (exact) mass is 448 g/mol. The molecule has 0 fully saturated rings. The molecular formula is C15H25IN6O2. The van der Waals surface area contributed by atoms with Crippen LogP contribution in [0.1, 0.15) is 17.3 Å². The van der Waals surface area contributed by atoms with Gasteiger partial charge < -0.3 is 20.9 Å². The third-order valence-corrected chi connectivity index (χ3v) is 2.84. The Morgan fingerprint density at radius 2 is 1.92 bits per heavy atom. The molecule has 0 spiro atoms. The number of pyridine rings is 1. The summed E-state index contributed by atoms with van der Waals surface area (Å²) < 4.78 is 0. The number of nitrogens with zero attached hydrogens (tertiary/aromatic N) is 3. The van der Waals surface area contributed by atoms with Gasteiger partial charge in [0.25, 0.3) is 5.91 Å². The summed E-state index contributed by atoms with van der Waals surface area (Å²) in [5, 5.41) is 8.88. The average Bonchev–Trinajstić information content (AvgIpc) is 2.56. The molecule has 8 nitrogen and oxygen atoms in total. The van der Waals surface area contributed by atoms with E-state index < -0.39 is 0 Å². The number of halogens is 1. The lowest BCUT2D eigenvalue weighted by Gasteiger charge is -2.13. The van der Waals surface area contributed by atoms with E-state index in [2.05, 4.69) is 25.9 Å². The molecule has 24 heavy (non-hydrogen) atoms. The second-order valence-electron chi connectivity index (χ2n) is 4.91. The second kappa shape index (κ2) is 12.5. The second-order valence-corrected chi connectivity index (χ2v) is 4.91. The Balaban J connectivity index is 0.00000529. The molecule has 3 N–H and O–H groups in total. The average molecular weight is 448 g/mol. The first-order chi connectivity index (χ1) is 11.0. The number of carbonyl (C=O) groups excluding carboxylic acids is 2. The van der Waals surface area contributed by atoms with E-state index in [0.29, 0.717) is 31.2 Å². The zero-order valence-corrected chi connectivity index (χ0v) is 16.5.